The number of nitrogen functional groups attached to an aromatic ring is 1. The summed E-state index contributed by atoms with van der Waals surface area (Å²) in [7, 11) is 0. The molecule has 1 aliphatic carbocycles. The molecule has 1 fully saturated rings. The van der Waals surface area contributed by atoms with Crippen molar-refractivity contribution in [3.8, 4) is 0 Å². The van der Waals surface area contributed by atoms with Gasteiger partial charge in [0.05, 0.1) is 23.8 Å². The van der Waals surface area contributed by atoms with Crippen molar-refractivity contribution >= 4 is 17.7 Å². The minimum Gasteiger partial charge on any atom is -0.396 e. The van der Waals surface area contributed by atoms with Crippen LogP contribution in [0.1, 0.15) is 12.8 Å². The highest BCUT2D eigenvalue weighted by atomic mass is 32.2. The molecule has 0 aromatic heterocycles. The molecular weight excluding hydrogens is 205 g/mol. The van der Waals surface area contributed by atoms with Crippen LogP contribution in [0.4, 0.5) is 10.1 Å². The Kier molecular flexibility index (Phi) is 2.90. The highest BCUT2D eigenvalue weighted by Crippen LogP contribution is 2.28. The molecule has 0 unspecified atom stereocenters. The van der Waals surface area contributed by atoms with Crippen LogP contribution in [0.5, 0.6) is 0 Å². The summed E-state index contributed by atoms with van der Waals surface area (Å²) in [6, 6.07) is 4.49. The summed E-state index contributed by atoms with van der Waals surface area (Å²) in [5.74, 6) is -0.440. The van der Waals surface area contributed by atoms with Gasteiger partial charge in [-0.2, -0.15) is 4.33 Å². The van der Waals surface area contributed by atoms with Gasteiger partial charge in [-0.05, 0) is 31.0 Å². The van der Waals surface area contributed by atoms with Gasteiger partial charge < -0.3 is 5.73 Å². The lowest BCUT2D eigenvalue weighted by molar-refractivity contribution is -0.201. The van der Waals surface area contributed by atoms with Gasteiger partial charge in [0.2, 0.25) is 0 Å². The number of anilines is 1. The Hall–Kier alpha value is -0.780. The predicted molar refractivity (Wildman–Crippen MR) is 51.9 cm³/mol. The third-order valence-electron chi connectivity index (χ3n) is 1.80. The summed E-state index contributed by atoms with van der Waals surface area (Å²) in [5, 5.41) is 0. The van der Waals surface area contributed by atoms with Crippen LogP contribution in [0.25, 0.3) is 0 Å². The van der Waals surface area contributed by atoms with Gasteiger partial charge in [0.25, 0.3) is 0 Å². The maximum atomic E-state index is 12.9. The first-order valence-electron chi connectivity index (χ1n) is 4.31. The number of hydrogen-bond acceptors (Lipinski definition) is 4. The molecule has 1 aromatic rings. The van der Waals surface area contributed by atoms with E-state index in [9.17, 15) is 4.39 Å². The Morgan fingerprint density at radius 3 is 2.86 bits per heavy atom. The Labute approximate surface area is 85.5 Å². The molecule has 0 radical (unpaired) electrons. The van der Waals surface area contributed by atoms with Gasteiger partial charge in [-0.15, -0.1) is 0 Å². The fraction of sp³-hybridized carbons (Fsp3) is 0.333. The molecule has 1 saturated carbocycles. The van der Waals surface area contributed by atoms with E-state index in [1.54, 1.807) is 6.07 Å². The summed E-state index contributed by atoms with van der Waals surface area (Å²) >= 11 is 0.994. The molecule has 0 saturated heterocycles. The minimum absolute atomic E-state index is 0.137. The minimum atomic E-state index is -0.440. The van der Waals surface area contributed by atoms with Crippen molar-refractivity contribution in [3.05, 3.63) is 24.0 Å². The van der Waals surface area contributed by atoms with Gasteiger partial charge in [0.15, 0.2) is 0 Å². The SMILES string of the molecule is Nc1ccc(SOOC2CC2)cc1F. The quantitative estimate of drug-likeness (QED) is 0.363. The maximum Gasteiger partial charge on any atom is 0.147 e. The maximum absolute atomic E-state index is 12.9. The van der Waals surface area contributed by atoms with Crippen molar-refractivity contribution in [2.75, 3.05) is 5.73 Å². The smallest absolute Gasteiger partial charge is 0.147 e. The van der Waals surface area contributed by atoms with Crippen LogP contribution in [0.15, 0.2) is 23.1 Å². The number of nitrogens with two attached hydrogens (primary N) is 1. The Balaban J connectivity index is 1.85. The highest BCUT2D eigenvalue weighted by Gasteiger charge is 2.23. The zero-order valence-electron chi connectivity index (χ0n) is 7.40. The molecule has 76 valence electrons. The van der Waals surface area contributed by atoms with E-state index in [4.69, 9.17) is 15.0 Å². The van der Waals surface area contributed by atoms with Crippen LogP contribution in [0.2, 0.25) is 0 Å². The summed E-state index contributed by atoms with van der Waals surface area (Å²) in [5.41, 5.74) is 5.46. The first-order valence-corrected chi connectivity index (χ1v) is 5.05. The normalized spacial score (nSPS) is 15.8. The van der Waals surface area contributed by atoms with Gasteiger partial charge in [-0.3, -0.25) is 0 Å². The lowest BCUT2D eigenvalue weighted by Gasteiger charge is -2.02. The summed E-state index contributed by atoms with van der Waals surface area (Å²) in [4.78, 5) is 5.57. The second-order valence-corrected chi connectivity index (χ2v) is 3.90. The molecule has 5 heteroatoms. The van der Waals surface area contributed by atoms with E-state index < -0.39 is 5.82 Å². The average molecular weight is 215 g/mol. The van der Waals surface area contributed by atoms with Gasteiger partial charge in [-0.1, -0.05) is 0 Å². The van der Waals surface area contributed by atoms with Gasteiger partial charge in [0.1, 0.15) is 5.82 Å². The highest BCUT2D eigenvalue weighted by molar-refractivity contribution is 7.94. The van der Waals surface area contributed by atoms with Crippen molar-refractivity contribution in [1.82, 2.24) is 0 Å². The standard InChI is InChI=1S/C9H10FNO2S/c10-8-5-7(3-4-9(8)11)14-13-12-6-1-2-6/h3-6H,1-2,11H2. The summed E-state index contributed by atoms with van der Waals surface area (Å²) in [6.45, 7) is 0. The Morgan fingerprint density at radius 1 is 1.43 bits per heavy atom. The Morgan fingerprint density at radius 2 is 2.21 bits per heavy atom. The molecule has 0 aliphatic heterocycles. The van der Waals surface area contributed by atoms with E-state index in [-0.39, 0.29) is 11.8 Å². The molecule has 0 spiro atoms. The molecule has 14 heavy (non-hydrogen) atoms. The van der Waals surface area contributed by atoms with Crippen LogP contribution >= 0.6 is 12.0 Å². The second-order valence-electron chi connectivity index (χ2n) is 3.13. The molecule has 0 bridgehead atoms. The van der Waals surface area contributed by atoms with Crippen molar-refractivity contribution in [2.45, 2.75) is 23.8 Å². The van der Waals surface area contributed by atoms with Crippen molar-refractivity contribution in [1.29, 1.82) is 0 Å². The van der Waals surface area contributed by atoms with E-state index in [0.29, 0.717) is 4.90 Å². The average Bonchev–Trinajstić information content (AvgIpc) is 2.95. The molecule has 3 nitrogen and oxygen atoms in total. The zero-order chi connectivity index (χ0) is 9.97. The van der Waals surface area contributed by atoms with Gasteiger partial charge >= 0.3 is 0 Å². The van der Waals surface area contributed by atoms with Gasteiger partial charge in [0, 0.05) is 4.90 Å². The van der Waals surface area contributed by atoms with Crippen LogP contribution in [0.3, 0.4) is 0 Å². The van der Waals surface area contributed by atoms with E-state index in [0.717, 1.165) is 24.9 Å². The number of rotatable bonds is 4. The molecule has 0 amide bonds. The lowest BCUT2D eigenvalue weighted by atomic mass is 10.3. The third-order valence-corrected chi connectivity index (χ3v) is 2.39. The summed E-state index contributed by atoms with van der Waals surface area (Å²) < 4.78 is 17.8. The van der Waals surface area contributed by atoms with Crippen LogP contribution < -0.4 is 5.73 Å². The lowest BCUT2D eigenvalue weighted by Crippen LogP contribution is -1.91. The van der Waals surface area contributed by atoms with E-state index in [2.05, 4.69) is 0 Å². The molecule has 1 aliphatic rings. The Bertz CT molecular complexity index is 331. The largest absolute Gasteiger partial charge is 0.396 e. The first kappa shape index (κ1) is 9.76. The number of benzene rings is 1. The molecule has 0 heterocycles. The molecular formula is C9H10FNO2S. The van der Waals surface area contributed by atoms with Crippen molar-refractivity contribution in [3.63, 3.8) is 0 Å². The second kappa shape index (κ2) is 4.16. The van der Waals surface area contributed by atoms with Crippen LogP contribution in [-0.2, 0) is 9.22 Å². The topological polar surface area (TPSA) is 44.5 Å². The monoisotopic (exact) mass is 215 g/mol. The van der Waals surface area contributed by atoms with Crippen LogP contribution in [-0.4, -0.2) is 6.10 Å². The summed E-state index contributed by atoms with van der Waals surface area (Å²) in [6.07, 6.45) is 2.30. The zero-order valence-corrected chi connectivity index (χ0v) is 8.22. The number of halogens is 1. The van der Waals surface area contributed by atoms with E-state index in [1.165, 1.54) is 12.1 Å². The molecule has 2 N–H and O–H groups in total. The van der Waals surface area contributed by atoms with E-state index >= 15 is 0 Å². The van der Waals surface area contributed by atoms with Crippen LogP contribution in [0, 0.1) is 5.82 Å². The third kappa shape index (κ3) is 2.60. The molecule has 1 aromatic carbocycles. The van der Waals surface area contributed by atoms with Gasteiger partial charge in [-0.25, -0.2) is 9.28 Å². The number of hydrogen-bond donors (Lipinski definition) is 1. The molecule has 0 atom stereocenters. The van der Waals surface area contributed by atoms with E-state index in [1.807, 2.05) is 0 Å². The predicted octanol–water partition coefficient (Wildman–Crippen LogP) is 2.53. The fourth-order valence-electron chi connectivity index (χ4n) is 0.838. The fourth-order valence-corrected chi connectivity index (χ4v) is 1.34. The van der Waals surface area contributed by atoms with Crippen molar-refractivity contribution < 1.29 is 13.6 Å². The van der Waals surface area contributed by atoms with Crippen molar-refractivity contribution in [2.24, 2.45) is 0 Å². The first-order chi connectivity index (χ1) is 6.75. The molecule has 2 rings (SSSR count).